The van der Waals surface area contributed by atoms with Crippen molar-refractivity contribution in [3.05, 3.63) is 229 Å². The average molecular weight is 973 g/mol. The fraction of sp³-hybridized carbons (Fsp3) is 0.0164. The van der Waals surface area contributed by atoms with Crippen molar-refractivity contribution in [1.82, 2.24) is 18.3 Å². The second kappa shape index (κ2) is 15.4. The van der Waals surface area contributed by atoms with Gasteiger partial charge in [-0.3, -0.25) is 0 Å². The third-order valence-corrected chi connectivity index (χ3v) is 14.3. The fourth-order valence-electron chi connectivity index (χ4n) is 11.4. The van der Waals surface area contributed by atoms with Gasteiger partial charge in [0.05, 0.1) is 66.6 Å². The van der Waals surface area contributed by atoms with Gasteiger partial charge in [-0.15, -0.1) is 0 Å². The zero-order valence-electron chi connectivity index (χ0n) is 37.8. The van der Waals surface area contributed by atoms with E-state index in [4.69, 9.17) is 0 Å². The number of hydrogen-bond donors (Lipinski definition) is 0. The highest BCUT2D eigenvalue weighted by atomic mass is 19.4. The number of hydrogen-bond acceptors (Lipinski definition) is 0. The van der Waals surface area contributed by atoms with E-state index < -0.39 is 63.3 Å². The molecule has 0 spiro atoms. The highest BCUT2D eigenvalue weighted by Crippen LogP contribution is 2.50. The van der Waals surface area contributed by atoms with Crippen molar-refractivity contribution in [3.8, 4) is 33.9 Å². The number of fused-ring (bicyclic) bond motifs is 14. The van der Waals surface area contributed by atoms with E-state index in [1.165, 1.54) is 9.13 Å². The minimum Gasteiger partial charge on any atom is -0.307 e. The molecule has 4 nitrogen and oxygen atoms in total. The molecule has 0 aliphatic carbocycles. The zero-order chi connectivity index (χ0) is 49.6. The first-order valence-corrected chi connectivity index (χ1v) is 23.3. The zero-order valence-corrected chi connectivity index (χ0v) is 37.8. The molecule has 0 aliphatic rings. The maximum atomic E-state index is 16.9. The van der Waals surface area contributed by atoms with Crippen LogP contribution >= 0.6 is 0 Å². The van der Waals surface area contributed by atoms with Crippen LogP contribution in [0.5, 0.6) is 0 Å². The minimum atomic E-state index is -5.19. The molecule has 4 heterocycles. The van der Waals surface area contributed by atoms with Crippen LogP contribution in [0.25, 0.3) is 121 Å². The van der Waals surface area contributed by atoms with Crippen LogP contribution in [0.2, 0.25) is 0 Å². The van der Waals surface area contributed by atoms with E-state index in [0.717, 1.165) is 33.9 Å². The van der Waals surface area contributed by atoms with Crippen molar-refractivity contribution in [3.63, 3.8) is 0 Å². The first-order valence-electron chi connectivity index (χ1n) is 23.3. The van der Waals surface area contributed by atoms with Crippen molar-refractivity contribution >= 4 is 87.2 Å². The maximum Gasteiger partial charge on any atom is 0.418 e. The minimum absolute atomic E-state index is 0.294. The van der Waals surface area contributed by atoms with Crippen molar-refractivity contribution in [1.29, 1.82) is 0 Å². The molecule has 0 amide bonds. The summed E-state index contributed by atoms with van der Waals surface area (Å²) < 4.78 is 138. The normalized spacial score (nSPS) is 12.4. The molecule has 0 atom stereocenters. The summed E-state index contributed by atoms with van der Waals surface area (Å²) in [5, 5.41) is 5.23. The molecule has 0 bridgehead atoms. The Labute approximate surface area is 408 Å². The Morgan fingerprint density at radius 2 is 0.603 bits per heavy atom. The summed E-state index contributed by atoms with van der Waals surface area (Å²) in [6.07, 6.45) is -5.19. The van der Waals surface area contributed by atoms with Gasteiger partial charge in [-0.25, -0.2) is 22.0 Å². The second-order valence-corrected chi connectivity index (χ2v) is 18.1. The molecule has 0 saturated heterocycles. The molecule has 73 heavy (non-hydrogen) atoms. The lowest BCUT2D eigenvalue weighted by atomic mass is 9.97. The topological polar surface area (TPSA) is 19.7 Å². The molecule has 0 fully saturated rings. The summed E-state index contributed by atoms with van der Waals surface area (Å²) in [5.74, 6) is -11.3. The first-order chi connectivity index (χ1) is 35.5. The Morgan fingerprint density at radius 3 is 0.986 bits per heavy atom. The van der Waals surface area contributed by atoms with Crippen molar-refractivity contribution in [2.24, 2.45) is 0 Å². The van der Waals surface area contributed by atoms with Crippen LogP contribution in [0.3, 0.4) is 0 Å². The number of para-hydroxylation sites is 6. The number of alkyl halides is 3. The van der Waals surface area contributed by atoms with Gasteiger partial charge >= 0.3 is 6.18 Å². The van der Waals surface area contributed by atoms with E-state index in [1.807, 2.05) is 143 Å². The fourth-order valence-corrected chi connectivity index (χ4v) is 11.4. The van der Waals surface area contributed by atoms with E-state index in [0.29, 0.717) is 76.8 Å². The van der Waals surface area contributed by atoms with E-state index in [2.05, 4.69) is 0 Å². The maximum absolute atomic E-state index is 16.9. The smallest absolute Gasteiger partial charge is 0.307 e. The van der Waals surface area contributed by atoms with Gasteiger partial charge in [0.25, 0.3) is 0 Å². The van der Waals surface area contributed by atoms with E-state index >= 15 is 35.1 Å². The second-order valence-electron chi connectivity index (χ2n) is 18.1. The molecule has 14 aromatic rings. The number of nitrogens with zero attached hydrogens (tertiary/aromatic N) is 4. The van der Waals surface area contributed by atoms with Gasteiger partial charge in [-0.05, 0) is 60.7 Å². The molecule has 10 aromatic carbocycles. The van der Waals surface area contributed by atoms with Crippen molar-refractivity contribution < 1.29 is 35.1 Å². The van der Waals surface area contributed by atoms with E-state index in [9.17, 15) is 0 Å². The quantitative estimate of drug-likeness (QED) is 0.0930. The third-order valence-electron chi connectivity index (χ3n) is 14.3. The van der Waals surface area contributed by atoms with E-state index in [1.54, 1.807) is 48.5 Å². The molecular formula is C61H32F8N4. The highest BCUT2D eigenvalue weighted by Gasteiger charge is 2.39. The molecule has 0 radical (unpaired) electrons. The predicted octanol–water partition coefficient (Wildman–Crippen LogP) is 17.5. The summed E-state index contributed by atoms with van der Waals surface area (Å²) >= 11 is 0. The SMILES string of the molecule is Fc1c(F)c(F)c(-c2cc(-n3c4ccccc4c4ccc5c6ccccc6n(-c6ccccc6)c5c43)c(C(F)(F)F)cc2-n2c3ccccc3c3ccc4c5ccccc5n(-c5ccccc5)c4c32)c(F)c1F. The molecule has 0 unspecified atom stereocenters. The molecule has 352 valence electrons. The number of rotatable bonds is 5. The Bertz CT molecular complexity index is 4630. The molecule has 0 N–H and O–H groups in total. The van der Waals surface area contributed by atoms with Crippen LogP contribution < -0.4 is 0 Å². The van der Waals surface area contributed by atoms with Gasteiger partial charge < -0.3 is 18.3 Å². The summed E-state index contributed by atoms with van der Waals surface area (Å²) in [6, 6.07) is 56.7. The van der Waals surface area contributed by atoms with Crippen molar-refractivity contribution in [2.45, 2.75) is 6.18 Å². The van der Waals surface area contributed by atoms with Crippen LogP contribution in [0, 0.1) is 29.1 Å². The highest BCUT2D eigenvalue weighted by molar-refractivity contribution is 6.25. The lowest BCUT2D eigenvalue weighted by Gasteiger charge is -2.23. The Hall–Kier alpha value is -9.16. The van der Waals surface area contributed by atoms with Gasteiger partial charge in [0.2, 0.25) is 5.82 Å². The van der Waals surface area contributed by atoms with Gasteiger partial charge in [-0.1, -0.05) is 133 Å². The molecule has 0 saturated carbocycles. The Balaban J connectivity index is 1.22. The van der Waals surface area contributed by atoms with Gasteiger partial charge in [-0.2, -0.15) is 13.2 Å². The van der Waals surface area contributed by atoms with Crippen LogP contribution in [0.15, 0.2) is 194 Å². The van der Waals surface area contributed by atoms with Crippen molar-refractivity contribution in [2.75, 3.05) is 0 Å². The van der Waals surface area contributed by atoms with Crippen LogP contribution in [0.1, 0.15) is 5.56 Å². The molecule has 14 rings (SSSR count). The molecule has 0 aliphatic heterocycles. The third kappa shape index (κ3) is 5.88. The number of benzene rings is 10. The average Bonchev–Trinajstić information content (AvgIpc) is 4.16. The van der Waals surface area contributed by atoms with Crippen LogP contribution in [0.4, 0.5) is 35.1 Å². The van der Waals surface area contributed by atoms with E-state index in [-0.39, 0.29) is 0 Å². The number of halogens is 8. The van der Waals surface area contributed by atoms with Gasteiger partial charge in [0, 0.05) is 60.0 Å². The standard InChI is InChI=1S/C61H32F8N4/c62-52-51(53(63)55(65)56(66)54(52)64)43-31-50(73-48-26-14-10-22-38(48)42-30-28-40-36-20-8-12-24-46(36)71(58(40)60(42)73)34-17-5-2-6-18-34)44(61(67,68)69)32-49(43)72-47-25-13-9-21-37(47)41-29-27-39-35-19-7-11-23-45(35)70(57(39)59(41)72)33-15-3-1-4-16-33/h1-32H. The number of aromatic nitrogens is 4. The monoisotopic (exact) mass is 972 g/mol. The van der Waals surface area contributed by atoms with Crippen LogP contribution in [-0.2, 0) is 6.18 Å². The Morgan fingerprint density at radius 1 is 0.288 bits per heavy atom. The molecule has 4 aromatic heterocycles. The largest absolute Gasteiger partial charge is 0.418 e. The van der Waals surface area contributed by atoms with Gasteiger partial charge in [0.15, 0.2) is 23.3 Å². The summed E-state index contributed by atoms with van der Waals surface area (Å²) in [5.41, 5.74) is 0.816. The summed E-state index contributed by atoms with van der Waals surface area (Å²) in [4.78, 5) is 0. The summed E-state index contributed by atoms with van der Waals surface area (Å²) in [6.45, 7) is 0. The molecule has 12 heteroatoms. The predicted molar refractivity (Wildman–Crippen MR) is 274 cm³/mol. The summed E-state index contributed by atoms with van der Waals surface area (Å²) in [7, 11) is 0. The van der Waals surface area contributed by atoms with Crippen LogP contribution in [-0.4, -0.2) is 18.3 Å². The lowest BCUT2D eigenvalue weighted by Crippen LogP contribution is -2.14. The molecular weight excluding hydrogens is 941 g/mol. The lowest BCUT2D eigenvalue weighted by molar-refractivity contribution is -0.137. The van der Waals surface area contributed by atoms with Gasteiger partial charge in [0.1, 0.15) is 0 Å². The Kier molecular flexibility index (Phi) is 9.02. The first kappa shape index (κ1) is 42.7.